The topological polar surface area (TPSA) is 23.8 Å². The van der Waals surface area contributed by atoms with Gasteiger partial charge in [-0.3, -0.25) is 0 Å². The molecule has 1 rings (SSSR count). The lowest BCUT2D eigenvalue weighted by Crippen LogP contribution is -1.95. The van der Waals surface area contributed by atoms with Crippen molar-refractivity contribution in [3.8, 4) is 6.07 Å². The third kappa shape index (κ3) is 2.96. The van der Waals surface area contributed by atoms with E-state index in [1.54, 1.807) is 12.1 Å². The summed E-state index contributed by atoms with van der Waals surface area (Å²) in [6.07, 6.45) is 0.988. The first-order chi connectivity index (χ1) is 7.10. The number of hydrogen-bond donors (Lipinski definition) is 0. The van der Waals surface area contributed by atoms with Gasteiger partial charge in [-0.05, 0) is 34.5 Å². The minimum Gasteiger partial charge on any atom is -0.204 e. The second kappa shape index (κ2) is 5.53. The van der Waals surface area contributed by atoms with E-state index in [-0.39, 0.29) is 10.3 Å². The van der Waals surface area contributed by atoms with Crippen molar-refractivity contribution in [2.45, 2.75) is 30.4 Å². The van der Waals surface area contributed by atoms with Crippen LogP contribution >= 0.6 is 27.7 Å². The first kappa shape index (κ1) is 12.5. The molecule has 1 aromatic carbocycles. The fourth-order valence-corrected chi connectivity index (χ4v) is 2.53. The molecular weight excluding hydrogens is 277 g/mol. The maximum atomic E-state index is 13.7. The molecule has 80 valence electrons. The van der Waals surface area contributed by atoms with E-state index >= 15 is 0 Å². The van der Waals surface area contributed by atoms with Crippen LogP contribution in [0.4, 0.5) is 4.39 Å². The Morgan fingerprint density at radius 2 is 2.27 bits per heavy atom. The summed E-state index contributed by atoms with van der Waals surface area (Å²) in [6.45, 7) is 4.12. The highest BCUT2D eigenvalue weighted by atomic mass is 79.9. The molecular formula is C11H11BrFNS. The van der Waals surface area contributed by atoms with Gasteiger partial charge < -0.3 is 0 Å². The molecule has 1 nitrogen and oxygen atoms in total. The predicted molar refractivity (Wildman–Crippen MR) is 64.4 cm³/mol. The van der Waals surface area contributed by atoms with E-state index in [9.17, 15) is 4.39 Å². The van der Waals surface area contributed by atoms with E-state index in [1.807, 2.05) is 6.07 Å². The SMILES string of the molecule is CCC(C)Sc1ccc(C#N)c(Br)c1F. The van der Waals surface area contributed by atoms with Gasteiger partial charge in [0.2, 0.25) is 0 Å². The fraction of sp³-hybridized carbons (Fsp3) is 0.364. The number of halogens is 2. The van der Waals surface area contributed by atoms with Crippen molar-refractivity contribution in [3.05, 3.63) is 28.0 Å². The van der Waals surface area contributed by atoms with Gasteiger partial charge in [-0.2, -0.15) is 5.26 Å². The first-order valence-corrected chi connectivity index (χ1v) is 6.32. The van der Waals surface area contributed by atoms with Crippen LogP contribution in [0.5, 0.6) is 0 Å². The molecule has 0 fully saturated rings. The molecule has 0 radical (unpaired) electrons. The van der Waals surface area contributed by atoms with Crippen LogP contribution in [0.3, 0.4) is 0 Å². The molecule has 0 aliphatic carbocycles. The van der Waals surface area contributed by atoms with Crippen molar-refractivity contribution in [3.63, 3.8) is 0 Å². The highest BCUT2D eigenvalue weighted by Crippen LogP contribution is 2.32. The van der Waals surface area contributed by atoms with Gasteiger partial charge in [0.1, 0.15) is 6.07 Å². The van der Waals surface area contributed by atoms with E-state index in [0.29, 0.717) is 15.7 Å². The van der Waals surface area contributed by atoms with Crippen molar-refractivity contribution in [1.29, 1.82) is 5.26 Å². The van der Waals surface area contributed by atoms with Crippen molar-refractivity contribution in [2.24, 2.45) is 0 Å². The van der Waals surface area contributed by atoms with E-state index in [0.717, 1.165) is 6.42 Å². The molecule has 0 aromatic heterocycles. The van der Waals surface area contributed by atoms with Crippen molar-refractivity contribution < 1.29 is 4.39 Å². The number of nitrogens with zero attached hydrogens (tertiary/aromatic N) is 1. The molecule has 4 heteroatoms. The molecule has 1 aromatic rings. The van der Waals surface area contributed by atoms with Gasteiger partial charge in [-0.1, -0.05) is 13.8 Å². The lowest BCUT2D eigenvalue weighted by molar-refractivity contribution is 0.594. The summed E-state index contributed by atoms with van der Waals surface area (Å²) in [5.74, 6) is -0.334. The van der Waals surface area contributed by atoms with E-state index in [1.165, 1.54) is 11.8 Å². The zero-order valence-electron chi connectivity index (χ0n) is 8.55. The predicted octanol–water partition coefficient (Wildman–Crippen LogP) is 4.35. The number of hydrogen-bond acceptors (Lipinski definition) is 2. The van der Waals surface area contributed by atoms with Gasteiger partial charge in [0, 0.05) is 10.1 Å². The normalized spacial score (nSPS) is 12.2. The van der Waals surface area contributed by atoms with E-state index in [4.69, 9.17) is 5.26 Å². The van der Waals surface area contributed by atoms with Crippen molar-refractivity contribution >= 4 is 27.7 Å². The number of nitriles is 1. The van der Waals surface area contributed by atoms with Crippen LogP contribution in [-0.2, 0) is 0 Å². The van der Waals surface area contributed by atoms with Crippen LogP contribution in [0.15, 0.2) is 21.5 Å². The molecule has 0 aliphatic heterocycles. The molecule has 1 atom stereocenters. The summed E-state index contributed by atoms with van der Waals surface area (Å²) in [4.78, 5) is 0.593. The summed E-state index contributed by atoms with van der Waals surface area (Å²) in [6, 6.07) is 5.23. The zero-order valence-corrected chi connectivity index (χ0v) is 11.0. The van der Waals surface area contributed by atoms with Crippen LogP contribution in [-0.4, -0.2) is 5.25 Å². The molecule has 15 heavy (non-hydrogen) atoms. The van der Waals surface area contributed by atoms with Crippen LogP contribution in [0.2, 0.25) is 0 Å². The molecule has 0 aliphatic rings. The van der Waals surface area contributed by atoms with Gasteiger partial charge in [0.25, 0.3) is 0 Å². The van der Waals surface area contributed by atoms with Crippen LogP contribution < -0.4 is 0 Å². The third-order valence-electron chi connectivity index (χ3n) is 2.07. The number of benzene rings is 1. The summed E-state index contributed by atoms with van der Waals surface area (Å²) in [7, 11) is 0. The molecule has 0 saturated carbocycles. The molecule has 0 heterocycles. The van der Waals surface area contributed by atoms with Gasteiger partial charge >= 0.3 is 0 Å². The van der Waals surface area contributed by atoms with Gasteiger partial charge in [-0.25, -0.2) is 4.39 Å². The molecule has 1 unspecified atom stereocenters. The largest absolute Gasteiger partial charge is 0.204 e. The van der Waals surface area contributed by atoms with Crippen molar-refractivity contribution in [2.75, 3.05) is 0 Å². The Labute approximate surface area is 102 Å². The zero-order chi connectivity index (χ0) is 11.4. The van der Waals surface area contributed by atoms with Crippen LogP contribution in [0.25, 0.3) is 0 Å². The molecule has 0 bridgehead atoms. The average molecular weight is 288 g/mol. The van der Waals surface area contributed by atoms with Crippen LogP contribution in [0, 0.1) is 17.1 Å². The monoisotopic (exact) mass is 287 g/mol. The lowest BCUT2D eigenvalue weighted by atomic mass is 10.2. The second-order valence-electron chi connectivity index (χ2n) is 3.19. The molecule has 0 amide bonds. The first-order valence-electron chi connectivity index (χ1n) is 4.64. The highest BCUT2D eigenvalue weighted by Gasteiger charge is 2.13. The summed E-state index contributed by atoms with van der Waals surface area (Å²) in [5.41, 5.74) is 0.334. The Balaban J connectivity index is 3.03. The third-order valence-corrected chi connectivity index (χ3v) is 4.15. The lowest BCUT2D eigenvalue weighted by Gasteiger charge is -2.10. The van der Waals surface area contributed by atoms with Gasteiger partial charge in [0.15, 0.2) is 5.82 Å². The Kier molecular flexibility index (Phi) is 4.62. The quantitative estimate of drug-likeness (QED) is 0.772. The standard InChI is InChI=1S/C11H11BrFNS/c1-3-7(2)15-9-5-4-8(6-14)10(12)11(9)13/h4-5,7H,3H2,1-2H3. The molecule has 0 saturated heterocycles. The fourth-order valence-electron chi connectivity index (χ4n) is 1.01. The Bertz CT molecular complexity index is 400. The molecule has 0 spiro atoms. The Morgan fingerprint density at radius 1 is 1.60 bits per heavy atom. The Morgan fingerprint density at radius 3 is 2.80 bits per heavy atom. The average Bonchev–Trinajstić information content (AvgIpc) is 2.25. The maximum Gasteiger partial charge on any atom is 0.152 e. The minimum absolute atomic E-state index is 0.262. The number of rotatable bonds is 3. The summed E-state index contributed by atoms with van der Waals surface area (Å²) >= 11 is 4.58. The second-order valence-corrected chi connectivity index (χ2v) is 5.46. The summed E-state index contributed by atoms with van der Waals surface area (Å²) < 4.78 is 14.0. The maximum absolute atomic E-state index is 13.7. The molecule has 0 N–H and O–H groups in total. The van der Waals surface area contributed by atoms with Crippen LogP contribution in [0.1, 0.15) is 25.8 Å². The number of thioether (sulfide) groups is 1. The smallest absolute Gasteiger partial charge is 0.152 e. The van der Waals surface area contributed by atoms with Crippen molar-refractivity contribution in [1.82, 2.24) is 0 Å². The Hall–Kier alpha value is -0.530. The van der Waals surface area contributed by atoms with E-state index < -0.39 is 0 Å². The van der Waals surface area contributed by atoms with Gasteiger partial charge in [0.05, 0.1) is 10.0 Å². The highest BCUT2D eigenvalue weighted by molar-refractivity contribution is 9.10. The van der Waals surface area contributed by atoms with E-state index in [2.05, 4.69) is 29.8 Å². The van der Waals surface area contributed by atoms with Gasteiger partial charge in [-0.15, -0.1) is 11.8 Å². The summed E-state index contributed by atoms with van der Waals surface area (Å²) in [5, 5.41) is 9.08. The minimum atomic E-state index is -0.334.